The van der Waals surface area contributed by atoms with E-state index in [2.05, 4.69) is 38.1 Å². The third-order valence-corrected chi connectivity index (χ3v) is 1.88. The summed E-state index contributed by atoms with van der Waals surface area (Å²) in [4.78, 5) is 0. The summed E-state index contributed by atoms with van der Waals surface area (Å²) in [6.45, 7) is 12.2. The number of hydrogen-bond acceptors (Lipinski definition) is 0. The van der Waals surface area contributed by atoms with Crippen LogP contribution in [0.2, 0.25) is 0 Å². The smallest absolute Gasteiger partial charge is 0 e. The summed E-state index contributed by atoms with van der Waals surface area (Å²) in [6.07, 6.45) is 0. The Morgan fingerprint density at radius 2 is 0.682 bits per heavy atom. The van der Waals surface area contributed by atoms with Gasteiger partial charge in [-0.3, -0.25) is 0 Å². The summed E-state index contributed by atoms with van der Waals surface area (Å²) in [7, 11) is 0. The van der Waals surface area contributed by atoms with Crippen molar-refractivity contribution in [2.24, 2.45) is 0 Å². The maximum atomic E-state index is 2.08. The summed E-state index contributed by atoms with van der Waals surface area (Å²) in [5.74, 6) is 0. The Bertz CT molecular complexity index is 303. The minimum absolute atomic E-state index is 0. The Morgan fingerprint density at radius 1 is 0.500 bits per heavy atom. The van der Waals surface area contributed by atoms with Gasteiger partial charge in [0.25, 0.3) is 0 Å². The van der Waals surface area contributed by atoms with Crippen molar-refractivity contribution in [3.63, 3.8) is 0 Å². The second kappa shape index (κ2) is 32.5. The topological polar surface area (TPSA) is 0 Å². The van der Waals surface area contributed by atoms with E-state index in [1.165, 1.54) is 11.1 Å². The number of aryl methyl sites for hydroxylation is 2. The largest absolute Gasteiger partial charge is 0.358 e. The van der Waals surface area contributed by atoms with E-state index < -0.39 is 0 Å². The van der Waals surface area contributed by atoms with Crippen LogP contribution in [0.25, 0.3) is 0 Å². The fourth-order valence-electron chi connectivity index (χ4n) is 1.07. The van der Waals surface area contributed by atoms with Gasteiger partial charge >= 0.3 is 0 Å². The Labute approximate surface area is 167 Å². The van der Waals surface area contributed by atoms with Crippen molar-refractivity contribution < 1.29 is 32.7 Å². The first-order chi connectivity index (χ1) is 8.79. The maximum absolute atomic E-state index is 2.08. The van der Waals surface area contributed by atoms with Crippen LogP contribution in [0.1, 0.15) is 46.2 Å². The SMILES string of the molecule is C.CC.CC.Cc1ccccc1.Cc1ccccc1.[CH3-].[CH3-].[Y]. The molecule has 0 saturated carbocycles. The zero-order chi connectivity index (χ0) is 14.2. The van der Waals surface area contributed by atoms with E-state index in [-0.39, 0.29) is 55.0 Å². The molecular formula is C21H38Y-2. The summed E-state index contributed by atoms with van der Waals surface area (Å²) in [5.41, 5.74) is 2.64. The van der Waals surface area contributed by atoms with Gasteiger partial charge in [0.1, 0.15) is 0 Å². The molecule has 0 bridgehead atoms. The van der Waals surface area contributed by atoms with Gasteiger partial charge < -0.3 is 14.9 Å². The second-order valence-corrected chi connectivity index (χ2v) is 3.31. The summed E-state index contributed by atoms with van der Waals surface area (Å²) >= 11 is 0. The number of rotatable bonds is 0. The minimum Gasteiger partial charge on any atom is -0.358 e. The van der Waals surface area contributed by atoms with Gasteiger partial charge in [0.15, 0.2) is 0 Å². The van der Waals surface area contributed by atoms with Gasteiger partial charge in [0, 0.05) is 32.7 Å². The first kappa shape index (κ1) is 37.6. The van der Waals surface area contributed by atoms with Gasteiger partial charge in [-0.15, -0.1) is 0 Å². The molecule has 0 unspecified atom stereocenters. The summed E-state index contributed by atoms with van der Waals surface area (Å²) in [5, 5.41) is 0. The summed E-state index contributed by atoms with van der Waals surface area (Å²) in [6, 6.07) is 20.5. The van der Waals surface area contributed by atoms with Crippen LogP contribution < -0.4 is 0 Å². The zero-order valence-electron chi connectivity index (χ0n) is 15.4. The monoisotopic (exact) mass is 379 g/mol. The van der Waals surface area contributed by atoms with E-state index in [9.17, 15) is 0 Å². The van der Waals surface area contributed by atoms with Crippen LogP contribution >= 0.6 is 0 Å². The van der Waals surface area contributed by atoms with Crippen molar-refractivity contribution in [2.45, 2.75) is 49.0 Å². The van der Waals surface area contributed by atoms with Crippen LogP contribution in [0.15, 0.2) is 60.7 Å². The molecule has 0 aliphatic heterocycles. The van der Waals surface area contributed by atoms with E-state index in [1.54, 1.807) is 0 Å². The van der Waals surface area contributed by atoms with Crippen molar-refractivity contribution in [3.8, 4) is 0 Å². The van der Waals surface area contributed by atoms with E-state index >= 15 is 0 Å². The molecule has 2 aromatic carbocycles. The zero-order valence-corrected chi connectivity index (χ0v) is 18.2. The van der Waals surface area contributed by atoms with Gasteiger partial charge in [-0.25, -0.2) is 0 Å². The molecule has 0 atom stereocenters. The molecule has 0 heterocycles. The molecule has 0 aromatic heterocycles. The first-order valence-electron chi connectivity index (χ1n) is 6.82. The normalized spacial score (nSPS) is 6.09. The van der Waals surface area contributed by atoms with Crippen LogP contribution in [0.3, 0.4) is 0 Å². The van der Waals surface area contributed by atoms with Crippen LogP contribution in [0, 0.1) is 28.7 Å². The standard InChI is InChI=1S/2C7H8.2C2H6.CH4.2CH3.Y/c2*1-7-5-3-2-4-6-7;2*1-2;;;;/h2*2-6H,1H3;2*1-2H3;1H4;2*1H3;/q;;;;;2*-1;. The van der Waals surface area contributed by atoms with Crippen LogP contribution in [0.4, 0.5) is 0 Å². The molecule has 1 radical (unpaired) electrons. The average molecular weight is 379 g/mol. The third-order valence-electron chi connectivity index (χ3n) is 1.88. The predicted octanol–water partition coefficient (Wildman–Crippen LogP) is 7.58. The molecule has 1 heteroatoms. The van der Waals surface area contributed by atoms with Gasteiger partial charge in [-0.05, 0) is 13.8 Å². The second-order valence-electron chi connectivity index (χ2n) is 3.31. The van der Waals surface area contributed by atoms with Gasteiger partial charge in [0.2, 0.25) is 0 Å². The molecule has 2 aromatic rings. The van der Waals surface area contributed by atoms with Crippen molar-refractivity contribution in [3.05, 3.63) is 86.6 Å². The molecular weight excluding hydrogens is 341 g/mol. The van der Waals surface area contributed by atoms with Crippen molar-refractivity contribution >= 4 is 0 Å². The molecule has 0 nitrogen and oxygen atoms in total. The molecule has 2 rings (SSSR count). The quantitative estimate of drug-likeness (QED) is 0.414. The van der Waals surface area contributed by atoms with Crippen LogP contribution in [0.5, 0.6) is 0 Å². The number of hydrogen-bond donors (Lipinski definition) is 0. The first-order valence-corrected chi connectivity index (χ1v) is 6.82. The molecule has 0 aliphatic rings. The van der Waals surface area contributed by atoms with Gasteiger partial charge in [-0.2, -0.15) is 0 Å². The Kier molecular flexibility index (Phi) is 55.6. The van der Waals surface area contributed by atoms with Gasteiger partial charge in [0.05, 0.1) is 0 Å². The van der Waals surface area contributed by atoms with Crippen molar-refractivity contribution in [1.29, 1.82) is 0 Å². The molecule has 0 aliphatic carbocycles. The molecule has 0 amide bonds. The molecule has 22 heavy (non-hydrogen) atoms. The van der Waals surface area contributed by atoms with E-state index in [0.717, 1.165) is 0 Å². The molecule has 127 valence electrons. The van der Waals surface area contributed by atoms with Crippen molar-refractivity contribution in [2.75, 3.05) is 0 Å². The summed E-state index contributed by atoms with van der Waals surface area (Å²) < 4.78 is 0. The Morgan fingerprint density at radius 3 is 0.773 bits per heavy atom. The molecule has 0 spiro atoms. The van der Waals surface area contributed by atoms with Crippen LogP contribution in [-0.4, -0.2) is 0 Å². The van der Waals surface area contributed by atoms with Gasteiger partial charge in [-0.1, -0.05) is 107 Å². The maximum Gasteiger partial charge on any atom is 0 e. The fraction of sp³-hybridized carbons (Fsp3) is 0.333. The predicted molar refractivity (Wildman–Crippen MR) is 105 cm³/mol. The van der Waals surface area contributed by atoms with E-state index in [4.69, 9.17) is 0 Å². The minimum atomic E-state index is 0. The average Bonchev–Trinajstić information content (AvgIpc) is 2.46. The fourth-order valence-corrected chi connectivity index (χ4v) is 1.07. The van der Waals surface area contributed by atoms with Crippen molar-refractivity contribution in [1.82, 2.24) is 0 Å². The Hall–Kier alpha value is -0.456. The van der Waals surface area contributed by atoms with E-state index in [0.29, 0.717) is 0 Å². The van der Waals surface area contributed by atoms with Crippen LogP contribution in [-0.2, 0) is 32.7 Å². The van der Waals surface area contributed by atoms with E-state index in [1.807, 2.05) is 64.1 Å². The number of benzene rings is 2. The molecule has 0 fully saturated rings. The Balaban J connectivity index is -0.0000000413. The third kappa shape index (κ3) is 27.8. The molecule has 0 N–H and O–H groups in total. The molecule has 0 saturated heterocycles.